The molecule has 1 N–H and O–H groups in total. The maximum atomic E-state index is 12.0. The molecule has 0 aromatic heterocycles. The minimum Gasteiger partial charge on any atom is -0.388 e. The molecule has 5 heteroatoms. The Balaban J connectivity index is 2.43. The number of halogens is 3. The molecule has 0 bridgehead atoms. The highest BCUT2D eigenvalue weighted by Crippen LogP contribution is 2.27. The lowest BCUT2D eigenvalue weighted by Gasteiger charge is -2.12. The molecule has 0 heterocycles. The summed E-state index contributed by atoms with van der Waals surface area (Å²) in [7, 11) is 0. The lowest BCUT2D eigenvalue weighted by atomic mass is 10.0. The van der Waals surface area contributed by atoms with Gasteiger partial charge < -0.3 is 5.11 Å². The van der Waals surface area contributed by atoms with Gasteiger partial charge in [-0.2, -0.15) is 13.2 Å². The minimum absolute atomic E-state index is 0.0455. The highest BCUT2D eigenvalue weighted by Gasteiger charge is 2.26. The van der Waals surface area contributed by atoms with Gasteiger partial charge in [0.25, 0.3) is 0 Å². The first-order valence-electron chi connectivity index (χ1n) is 5.90. The Hall–Kier alpha value is -0.680. The lowest BCUT2D eigenvalue weighted by molar-refractivity contribution is -0.136. The second kappa shape index (κ2) is 7.04. The van der Waals surface area contributed by atoms with Crippen LogP contribution in [0.2, 0.25) is 0 Å². The molecule has 0 saturated carbocycles. The van der Waals surface area contributed by atoms with E-state index in [1.807, 2.05) is 19.1 Å². The summed E-state index contributed by atoms with van der Waals surface area (Å²) in [4.78, 5) is 1.10. The van der Waals surface area contributed by atoms with Crippen LogP contribution < -0.4 is 0 Å². The van der Waals surface area contributed by atoms with Crippen LogP contribution >= 0.6 is 11.8 Å². The maximum Gasteiger partial charge on any atom is 0.389 e. The molecule has 0 fully saturated rings. The van der Waals surface area contributed by atoms with E-state index < -0.39 is 18.7 Å². The normalized spacial score (nSPS) is 13.6. The van der Waals surface area contributed by atoms with E-state index in [2.05, 4.69) is 0 Å². The third-order valence-corrected chi connectivity index (χ3v) is 3.41. The van der Waals surface area contributed by atoms with E-state index in [-0.39, 0.29) is 12.8 Å². The third-order valence-electron chi connectivity index (χ3n) is 2.51. The Bertz CT molecular complexity index is 348. The Morgan fingerprint density at radius 1 is 1.22 bits per heavy atom. The predicted molar refractivity (Wildman–Crippen MR) is 67.7 cm³/mol. The smallest absolute Gasteiger partial charge is 0.388 e. The molecule has 0 saturated heterocycles. The maximum absolute atomic E-state index is 12.0. The van der Waals surface area contributed by atoms with E-state index in [1.165, 1.54) is 0 Å². The highest BCUT2D eigenvalue weighted by molar-refractivity contribution is 7.99. The van der Waals surface area contributed by atoms with Gasteiger partial charge in [-0.15, -0.1) is 11.8 Å². The summed E-state index contributed by atoms with van der Waals surface area (Å²) < 4.78 is 35.9. The average molecular weight is 278 g/mol. The molecule has 0 aliphatic heterocycles. The Kier molecular flexibility index (Phi) is 6.02. The van der Waals surface area contributed by atoms with Crippen molar-refractivity contribution >= 4 is 11.8 Å². The monoisotopic (exact) mass is 278 g/mol. The van der Waals surface area contributed by atoms with Gasteiger partial charge in [-0.05, 0) is 36.3 Å². The van der Waals surface area contributed by atoms with Crippen LogP contribution in [0.5, 0.6) is 0 Å². The minimum atomic E-state index is -4.14. The fraction of sp³-hybridized carbons (Fsp3) is 0.538. The fourth-order valence-electron chi connectivity index (χ4n) is 1.62. The first kappa shape index (κ1) is 15.4. The van der Waals surface area contributed by atoms with E-state index >= 15 is 0 Å². The number of hydrogen-bond donors (Lipinski definition) is 1. The Morgan fingerprint density at radius 2 is 1.83 bits per heavy atom. The van der Waals surface area contributed by atoms with Gasteiger partial charge in [0, 0.05) is 11.3 Å². The first-order chi connectivity index (χ1) is 8.42. The Morgan fingerprint density at radius 3 is 2.33 bits per heavy atom. The van der Waals surface area contributed by atoms with E-state index in [9.17, 15) is 18.3 Å². The van der Waals surface area contributed by atoms with Crippen LogP contribution in [-0.4, -0.2) is 17.0 Å². The van der Waals surface area contributed by atoms with Gasteiger partial charge >= 0.3 is 6.18 Å². The summed E-state index contributed by atoms with van der Waals surface area (Å²) in [6, 6.07) is 7.32. The van der Waals surface area contributed by atoms with Gasteiger partial charge in [0.1, 0.15) is 0 Å². The standard InChI is InChI=1S/C13H17F3OS/c1-2-18-11-7-5-10(6-8-11)12(17)4-3-9-13(14,15)16/h5-8,12,17H,2-4,9H2,1H3. The summed E-state index contributed by atoms with van der Waals surface area (Å²) in [6.07, 6.45) is -5.70. The summed E-state index contributed by atoms with van der Waals surface area (Å²) in [5.41, 5.74) is 0.678. The summed E-state index contributed by atoms with van der Waals surface area (Å²) in [5, 5.41) is 9.76. The molecular formula is C13H17F3OS. The molecule has 1 nitrogen and oxygen atoms in total. The van der Waals surface area contributed by atoms with Gasteiger partial charge in [-0.1, -0.05) is 19.1 Å². The van der Waals surface area contributed by atoms with Crippen LogP contribution in [0.15, 0.2) is 29.2 Å². The highest BCUT2D eigenvalue weighted by atomic mass is 32.2. The summed E-state index contributed by atoms with van der Waals surface area (Å²) in [6.45, 7) is 2.05. The third kappa shape index (κ3) is 5.78. The zero-order valence-corrected chi connectivity index (χ0v) is 11.0. The van der Waals surface area contributed by atoms with Gasteiger partial charge in [-0.25, -0.2) is 0 Å². The van der Waals surface area contributed by atoms with Crippen molar-refractivity contribution in [3.05, 3.63) is 29.8 Å². The van der Waals surface area contributed by atoms with Crippen LogP contribution in [0.1, 0.15) is 37.9 Å². The largest absolute Gasteiger partial charge is 0.389 e. The predicted octanol–water partition coefficient (Wildman–Crippen LogP) is 4.56. The SMILES string of the molecule is CCSc1ccc(C(O)CCCC(F)(F)F)cc1. The molecule has 0 aliphatic rings. The zero-order chi connectivity index (χ0) is 13.6. The summed E-state index contributed by atoms with van der Waals surface area (Å²) in [5.74, 6) is 0.966. The fourth-order valence-corrected chi connectivity index (χ4v) is 2.28. The number of hydrogen-bond acceptors (Lipinski definition) is 2. The van der Waals surface area contributed by atoms with Crippen molar-refractivity contribution < 1.29 is 18.3 Å². The van der Waals surface area contributed by atoms with Gasteiger partial charge in [0.2, 0.25) is 0 Å². The number of thioether (sulfide) groups is 1. The molecule has 1 atom stereocenters. The van der Waals surface area contributed by atoms with Crippen LogP contribution in [-0.2, 0) is 0 Å². The molecule has 0 aliphatic carbocycles. The molecule has 0 amide bonds. The quantitative estimate of drug-likeness (QED) is 0.769. The molecule has 0 radical (unpaired) electrons. The zero-order valence-electron chi connectivity index (χ0n) is 10.2. The topological polar surface area (TPSA) is 20.2 Å². The van der Waals surface area contributed by atoms with Gasteiger partial charge in [0.15, 0.2) is 0 Å². The molecule has 1 unspecified atom stereocenters. The van der Waals surface area contributed by atoms with Crippen molar-refractivity contribution in [1.82, 2.24) is 0 Å². The van der Waals surface area contributed by atoms with Gasteiger partial charge in [-0.3, -0.25) is 0 Å². The first-order valence-corrected chi connectivity index (χ1v) is 6.88. The van der Waals surface area contributed by atoms with Crippen molar-refractivity contribution in [2.24, 2.45) is 0 Å². The van der Waals surface area contributed by atoms with E-state index in [0.717, 1.165) is 10.6 Å². The van der Waals surface area contributed by atoms with Crippen LogP contribution in [0.4, 0.5) is 13.2 Å². The molecule has 102 valence electrons. The lowest BCUT2D eigenvalue weighted by Crippen LogP contribution is -2.08. The number of benzene rings is 1. The van der Waals surface area contributed by atoms with Crippen molar-refractivity contribution in [2.45, 2.75) is 43.4 Å². The number of rotatable bonds is 6. The van der Waals surface area contributed by atoms with Crippen LogP contribution in [0.3, 0.4) is 0 Å². The second-order valence-corrected chi connectivity index (χ2v) is 5.36. The molecule has 1 aromatic rings. The molecule has 1 aromatic carbocycles. The van der Waals surface area contributed by atoms with E-state index in [0.29, 0.717) is 5.56 Å². The number of aliphatic hydroxyl groups excluding tert-OH is 1. The molecule has 0 spiro atoms. The Labute approximate surface area is 109 Å². The van der Waals surface area contributed by atoms with Gasteiger partial charge in [0.05, 0.1) is 6.10 Å². The second-order valence-electron chi connectivity index (χ2n) is 4.03. The van der Waals surface area contributed by atoms with E-state index in [1.54, 1.807) is 23.9 Å². The van der Waals surface area contributed by atoms with Crippen molar-refractivity contribution in [1.29, 1.82) is 0 Å². The number of alkyl halides is 3. The number of aliphatic hydroxyl groups is 1. The molecular weight excluding hydrogens is 261 g/mol. The van der Waals surface area contributed by atoms with Crippen molar-refractivity contribution in [3.8, 4) is 0 Å². The summed E-state index contributed by atoms with van der Waals surface area (Å²) >= 11 is 1.69. The van der Waals surface area contributed by atoms with Crippen LogP contribution in [0, 0.1) is 0 Å². The van der Waals surface area contributed by atoms with E-state index in [4.69, 9.17) is 0 Å². The van der Waals surface area contributed by atoms with Crippen molar-refractivity contribution in [3.63, 3.8) is 0 Å². The van der Waals surface area contributed by atoms with Crippen LogP contribution in [0.25, 0.3) is 0 Å². The molecule has 18 heavy (non-hydrogen) atoms. The molecule has 1 rings (SSSR count). The average Bonchev–Trinajstić information content (AvgIpc) is 2.28. The van der Waals surface area contributed by atoms with Crippen molar-refractivity contribution in [2.75, 3.05) is 5.75 Å².